The second-order valence-corrected chi connectivity index (χ2v) is 6.36. The maximum Gasteiger partial charge on any atom is 0.119 e. The molecule has 1 heterocycles. The lowest BCUT2D eigenvalue weighted by molar-refractivity contribution is 0.171. The van der Waals surface area contributed by atoms with Gasteiger partial charge in [-0.25, -0.2) is 0 Å². The summed E-state index contributed by atoms with van der Waals surface area (Å²) in [6.07, 6.45) is 0. The third-order valence-corrected chi connectivity index (χ3v) is 4.28. The van der Waals surface area contributed by atoms with Gasteiger partial charge < -0.3 is 15.0 Å². The van der Waals surface area contributed by atoms with Crippen molar-refractivity contribution in [2.75, 3.05) is 39.3 Å². The zero-order valence-corrected chi connectivity index (χ0v) is 13.9. The maximum absolute atomic E-state index is 5.96. The SMILES string of the molecule is CC(COc1ccc(-c2ccccc2)cc1)CN1CCNCC1. The van der Waals surface area contributed by atoms with Crippen LogP contribution in [-0.4, -0.2) is 44.2 Å². The summed E-state index contributed by atoms with van der Waals surface area (Å²) in [5.74, 6) is 1.50. The molecular formula is C20H26N2O. The summed E-state index contributed by atoms with van der Waals surface area (Å²) >= 11 is 0. The van der Waals surface area contributed by atoms with Crippen molar-refractivity contribution in [2.45, 2.75) is 6.92 Å². The van der Waals surface area contributed by atoms with Gasteiger partial charge in [-0.2, -0.15) is 0 Å². The predicted octanol–water partition coefficient (Wildman–Crippen LogP) is 3.27. The lowest BCUT2D eigenvalue weighted by atomic mass is 10.1. The Morgan fingerprint density at radius 3 is 2.30 bits per heavy atom. The molecule has 122 valence electrons. The van der Waals surface area contributed by atoms with E-state index in [1.807, 2.05) is 6.07 Å². The van der Waals surface area contributed by atoms with Crippen molar-refractivity contribution >= 4 is 0 Å². The molecule has 0 bridgehead atoms. The van der Waals surface area contributed by atoms with Crippen LogP contribution in [0.15, 0.2) is 54.6 Å². The first-order valence-electron chi connectivity index (χ1n) is 8.52. The highest BCUT2D eigenvalue weighted by atomic mass is 16.5. The highest BCUT2D eigenvalue weighted by Crippen LogP contribution is 2.22. The number of nitrogens with one attached hydrogen (secondary N) is 1. The molecule has 3 rings (SSSR count). The molecule has 1 saturated heterocycles. The number of piperazine rings is 1. The molecule has 1 atom stereocenters. The molecule has 0 aromatic heterocycles. The molecular weight excluding hydrogens is 284 g/mol. The van der Waals surface area contributed by atoms with E-state index in [9.17, 15) is 0 Å². The van der Waals surface area contributed by atoms with E-state index < -0.39 is 0 Å². The molecule has 1 aliphatic heterocycles. The summed E-state index contributed by atoms with van der Waals surface area (Å²) in [6, 6.07) is 18.8. The lowest BCUT2D eigenvalue weighted by Gasteiger charge is -2.29. The van der Waals surface area contributed by atoms with E-state index in [4.69, 9.17) is 4.74 Å². The number of benzene rings is 2. The number of rotatable bonds is 6. The van der Waals surface area contributed by atoms with Crippen LogP contribution >= 0.6 is 0 Å². The number of ether oxygens (including phenoxy) is 1. The normalized spacial score (nSPS) is 16.9. The Balaban J connectivity index is 1.48. The second-order valence-electron chi connectivity index (χ2n) is 6.36. The van der Waals surface area contributed by atoms with Crippen molar-refractivity contribution in [3.8, 4) is 16.9 Å². The van der Waals surface area contributed by atoms with Gasteiger partial charge in [0.05, 0.1) is 6.61 Å². The average molecular weight is 310 g/mol. The topological polar surface area (TPSA) is 24.5 Å². The van der Waals surface area contributed by atoms with Crippen LogP contribution in [-0.2, 0) is 0 Å². The number of nitrogens with zero attached hydrogens (tertiary/aromatic N) is 1. The van der Waals surface area contributed by atoms with Crippen LogP contribution in [0.25, 0.3) is 11.1 Å². The molecule has 0 spiro atoms. The van der Waals surface area contributed by atoms with Crippen LogP contribution in [0.5, 0.6) is 5.75 Å². The molecule has 1 fully saturated rings. The molecule has 1 aliphatic rings. The summed E-state index contributed by atoms with van der Waals surface area (Å²) in [5, 5.41) is 3.39. The van der Waals surface area contributed by atoms with Gasteiger partial charge in [0, 0.05) is 38.6 Å². The van der Waals surface area contributed by atoms with E-state index in [-0.39, 0.29) is 0 Å². The predicted molar refractivity (Wildman–Crippen MR) is 95.8 cm³/mol. The second kappa shape index (κ2) is 8.14. The van der Waals surface area contributed by atoms with E-state index in [2.05, 4.69) is 65.7 Å². The minimum Gasteiger partial charge on any atom is -0.493 e. The van der Waals surface area contributed by atoms with Crippen molar-refractivity contribution in [3.63, 3.8) is 0 Å². The van der Waals surface area contributed by atoms with E-state index in [1.165, 1.54) is 11.1 Å². The van der Waals surface area contributed by atoms with Gasteiger partial charge in [0.15, 0.2) is 0 Å². The van der Waals surface area contributed by atoms with E-state index in [0.29, 0.717) is 5.92 Å². The number of hydrogen-bond donors (Lipinski definition) is 1. The first kappa shape index (κ1) is 16.0. The molecule has 0 saturated carbocycles. The van der Waals surface area contributed by atoms with Crippen molar-refractivity contribution in [1.82, 2.24) is 10.2 Å². The summed E-state index contributed by atoms with van der Waals surface area (Å²) in [7, 11) is 0. The molecule has 0 amide bonds. The molecule has 2 aromatic rings. The Hall–Kier alpha value is -1.84. The fourth-order valence-corrected chi connectivity index (χ4v) is 3.00. The Morgan fingerprint density at radius 2 is 1.61 bits per heavy atom. The van der Waals surface area contributed by atoms with E-state index >= 15 is 0 Å². The summed E-state index contributed by atoms with van der Waals surface area (Å²) in [4.78, 5) is 2.52. The minimum atomic E-state index is 0.543. The molecule has 3 heteroatoms. The van der Waals surface area contributed by atoms with Crippen molar-refractivity contribution in [2.24, 2.45) is 5.92 Å². The molecule has 2 aromatic carbocycles. The van der Waals surface area contributed by atoms with Gasteiger partial charge in [0.1, 0.15) is 5.75 Å². The first-order valence-corrected chi connectivity index (χ1v) is 8.52. The Kier molecular flexibility index (Phi) is 5.67. The quantitative estimate of drug-likeness (QED) is 0.886. The van der Waals surface area contributed by atoms with Crippen molar-refractivity contribution in [3.05, 3.63) is 54.6 Å². The standard InChI is InChI=1S/C20H26N2O/c1-17(15-22-13-11-21-12-14-22)16-23-20-9-7-19(8-10-20)18-5-3-2-4-6-18/h2-10,17,21H,11-16H2,1H3. The maximum atomic E-state index is 5.96. The smallest absolute Gasteiger partial charge is 0.119 e. The summed E-state index contributed by atoms with van der Waals surface area (Å²) in [6.45, 7) is 8.66. The molecule has 0 radical (unpaired) electrons. The highest BCUT2D eigenvalue weighted by Gasteiger charge is 2.13. The third kappa shape index (κ3) is 4.81. The van der Waals surface area contributed by atoms with Gasteiger partial charge in [-0.3, -0.25) is 0 Å². The monoisotopic (exact) mass is 310 g/mol. The largest absolute Gasteiger partial charge is 0.493 e. The van der Waals surface area contributed by atoms with Crippen LogP contribution < -0.4 is 10.1 Å². The Bertz CT molecular complexity index is 576. The van der Waals surface area contributed by atoms with Crippen LogP contribution in [0.2, 0.25) is 0 Å². The molecule has 0 aliphatic carbocycles. The van der Waals surface area contributed by atoms with Crippen molar-refractivity contribution < 1.29 is 4.74 Å². The van der Waals surface area contributed by atoms with E-state index in [0.717, 1.165) is 45.1 Å². The van der Waals surface area contributed by atoms with E-state index in [1.54, 1.807) is 0 Å². The Morgan fingerprint density at radius 1 is 0.957 bits per heavy atom. The van der Waals surface area contributed by atoms with Gasteiger partial charge in [-0.05, 0) is 23.3 Å². The summed E-state index contributed by atoms with van der Waals surface area (Å²) in [5.41, 5.74) is 2.47. The Labute approximate surface area is 139 Å². The number of hydrogen-bond acceptors (Lipinski definition) is 3. The van der Waals surface area contributed by atoms with Crippen LogP contribution in [0, 0.1) is 5.92 Å². The van der Waals surface area contributed by atoms with Gasteiger partial charge in [-0.1, -0.05) is 49.4 Å². The van der Waals surface area contributed by atoms with Gasteiger partial charge >= 0.3 is 0 Å². The fourth-order valence-electron chi connectivity index (χ4n) is 3.00. The molecule has 23 heavy (non-hydrogen) atoms. The zero-order chi connectivity index (χ0) is 15.9. The average Bonchev–Trinajstić information content (AvgIpc) is 2.62. The minimum absolute atomic E-state index is 0.543. The molecule has 1 N–H and O–H groups in total. The lowest BCUT2D eigenvalue weighted by Crippen LogP contribution is -2.45. The van der Waals surface area contributed by atoms with Gasteiger partial charge in [0.25, 0.3) is 0 Å². The zero-order valence-electron chi connectivity index (χ0n) is 13.9. The first-order chi connectivity index (χ1) is 11.3. The van der Waals surface area contributed by atoms with Gasteiger partial charge in [0.2, 0.25) is 0 Å². The third-order valence-electron chi connectivity index (χ3n) is 4.28. The highest BCUT2D eigenvalue weighted by molar-refractivity contribution is 5.63. The van der Waals surface area contributed by atoms with Crippen LogP contribution in [0.1, 0.15) is 6.92 Å². The van der Waals surface area contributed by atoms with Crippen LogP contribution in [0.3, 0.4) is 0 Å². The molecule has 3 nitrogen and oxygen atoms in total. The molecule has 1 unspecified atom stereocenters. The van der Waals surface area contributed by atoms with Crippen LogP contribution in [0.4, 0.5) is 0 Å². The van der Waals surface area contributed by atoms with Gasteiger partial charge in [-0.15, -0.1) is 0 Å². The fraction of sp³-hybridized carbons (Fsp3) is 0.400. The van der Waals surface area contributed by atoms with Crippen molar-refractivity contribution in [1.29, 1.82) is 0 Å². The summed E-state index contributed by atoms with van der Waals surface area (Å²) < 4.78 is 5.96.